The predicted octanol–water partition coefficient (Wildman–Crippen LogP) is 3.34. The van der Waals surface area contributed by atoms with E-state index in [1.54, 1.807) is 54.9 Å². The molecule has 1 aliphatic rings. The summed E-state index contributed by atoms with van der Waals surface area (Å²) < 4.78 is 14.2. The molecule has 0 N–H and O–H groups in total. The molecule has 0 radical (unpaired) electrons. The van der Waals surface area contributed by atoms with Crippen LogP contribution in [0, 0.1) is 5.82 Å². The van der Waals surface area contributed by atoms with E-state index in [1.807, 2.05) is 18.2 Å². The van der Waals surface area contributed by atoms with Gasteiger partial charge in [-0.05, 0) is 35.9 Å². The quantitative estimate of drug-likeness (QED) is 0.703. The maximum absolute atomic E-state index is 14.2. The van der Waals surface area contributed by atoms with Gasteiger partial charge in [0.25, 0.3) is 5.91 Å². The predicted molar refractivity (Wildman–Crippen MR) is 103 cm³/mol. The molecule has 4 rings (SSSR count). The summed E-state index contributed by atoms with van der Waals surface area (Å²) in [6.45, 7) is -0.0637. The van der Waals surface area contributed by atoms with Crippen LogP contribution in [0.5, 0.6) is 0 Å². The number of amides is 2. The second-order valence-electron chi connectivity index (χ2n) is 6.56. The van der Waals surface area contributed by atoms with E-state index in [-0.39, 0.29) is 24.9 Å². The van der Waals surface area contributed by atoms with Crippen LogP contribution < -0.4 is 4.90 Å². The maximum Gasteiger partial charge on any atom is 0.254 e. The molecule has 2 amide bonds. The fourth-order valence-electron chi connectivity index (χ4n) is 3.41. The number of para-hydroxylation sites is 1. The fraction of sp³-hybridized carbons (Fsp3) is 0.136. The van der Waals surface area contributed by atoms with E-state index < -0.39 is 11.9 Å². The van der Waals surface area contributed by atoms with Gasteiger partial charge in [-0.15, -0.1) is 0 Å². The largest absolute Gasteiger partial charge is 0.321 e. The maximum atomic E-state index is 14.2. The number of piperazine rings is 1. The second-order valence-corrected chi connectivity index (χ2v) is 6.56. The molecule has 1 unspecified atom stereocenters. The normalized spacial score (nSPS) is 17.1. The molecule has 5 nitrogen and oxygen atoms in total. The molecule has 3 aromatic rings. The second kappa shape index (κ2) is 7.60. The van der Waals surface area contributed by atoms with Crippen molar-refractivity contribution in [2.45, 2.75) is 12.6 Å². The third-order valence-electron chi connectivity index (χ3n) is 4.81. The Labute approximate surface area is 162 Å². The molecule has 1 aliphatic heterocycles. The number of pyridine rings is 1. The van der Waals surface area contributed by atoms with Crippen LogP contribution in [0.15, 0.2) is 79.1 Å². The van der Waals surface area contributed by atoms with Gasteiger partial charge in [-0.3, -0.25) is 14.6 Å². The highest BCUT2D eigenvalue weighted by Gasteiger charge is 2.41. The molecule has 1 aromatic heterocycles. The zero-order chi connectivity index (χ0) is 19.5. The minimum atomic E-state index is -0.843. The Morgan fingerprint density at radius 2 is 1.61 bits per heavy atom. The van der Waals surface area contributed by atoms with Gasteiger partial charge in [-0.1, -0.05) is 36.4 Å². The third kappa shape index (κ3) is 3.36. The molecule has 0 spiro atoms. The van der Waals surface area contributed by atoms with Gasteiger partial charge in [-0.2, -0.15) is 0 Å². The molecule has 2 aromatic carbocycles. The number of anilines is 1. The molecule has 28 heavy (non-hydrogen) atoms. The van der Waals surface area contributed by atoms with Crippen molar-refractivity contribution >= 4 is 17.5 Å². The Bertz CT molecular complexity index is 995. The topological polar surface area (TPSA) is 53.5 Å². The van der Waals surface area contributed by atoms with Crippen LogP contribution in [0.25, 0.3) is 0 Å². The van der Waals surface area contributed by atoms with Gasteiger partial charge in [0.1, 0.15) is 18.4 Å². The number of nitrogens with zero attached hydrogens (tertiary/aromatic N) is 3. The zero-order valence-electron chi connectivity index (χ0n) is 15.0. The first kappa shape index (κ1) is 17.9. The van der Waals surface area contributed by atoms with Gasteiger partial charge in [0.15, 0.2) is 0 Å². The molecule has 1 saturated heterocycles. The summed E-state index contributed by atoms with van der Waals surface area (Å²) in [5.74, 6) is -0.872. The SMILES string of the molecule is O=C1C(c2ccncc2)N(Cc2ccccc2F)C(=O)CN1c1ccccc1. The number of halogens is 1. The molecule has 1 atom stereocenters. The number of hydrogen-bond donors (Lipinski definition) is 0. The van der Waals surface area contributed by atoms with Crippen molar-refractivity contribution < 1.29 is 14.0 Å². The lowest BCUT2D eigenvalue weighted by Crippen LogP contribution is -2.55. The molecular weight excluding hydrogens is 357 g/mol. The van der Waals surface area contributed by atoms with Crippen molar-refractivity contribution in [3.63, 3.8) is 0 Å². The summed E-state index contributed by atoms with van der Waals surface area (Å²) in [6, 6.07) is 17.9. The zero-order valence-corrected chi connectivity index (χ0v) is 15.0. The van der Waals surface area contributed by atoms with Crippen molar-refractivity contribution in [1.82, 2.24) is 9.88 Å². The van der Waals surface area contributed by atoms with Crippen LogP contribution in [0.3, 0.4) is 0 Å². The first-order chi connectivity index (χ1) is 13.6. The Kier molecular flexibility index (Phi) is 4.85. The summed E-state index contributed by atoms with van der Waals surface area (Å²) in [5.41, 5.74) is 1.67. The fourth-order valence-corrected chi connectivity index (χ4v) is 3.41. The van der Waals surface area contributed by atoms with Gasteiger partial charge >= 0.3 is 0 Å². The van der Waals surface area contributed by atoms with Crippen molar-refractivity contribution in [3.8, 4) is 0 Å². The highest BCUT2D eigenvalue weighted by molar-refractivity contribution is 6.06. The Morgan fingerprint density at radius 3 is 2.32 bits per heavy atom. The lowest BCUT2D eigenvalue weighted by atomic mass is 10.0. The van der Waals surface area contributed by atoms with Gasteiger partial charge in [0.05, 0.1) is 0 Å². The van der Waals surface area contributed by atoms with Crippen LogP contribution in [0.1, 0.15) is 17.2 Å². The first-order valence-electron chi connectivity index (χ1n) is 8.94. The number of rotatable bonds is 4. The Balaban J connectivity index is 1.74. The van der Waals surface area contributed by atoms with Crippen molar-refractivity contribution in [2.75, 3.05) is 11.4 Å². The number of benzene rings is 2. The summed E-state index contributed by atoms with van der Waals surface area (Å²) in [5, 5.41) is 0. The van der Waals surface area contributed by atoms with Crippen LogP contribution >= 0.6 is 0 Å². The van der Waals surface area contributed by atoms with E-state index in [0.29, 0.717) is 16.8 Å². The number of aromatic nitrogens is 1. The average molecular weight is 375 g/mol. The number of carbonyl (C=O) groups is 2. The van der Waals surface area contributed by atoms with Crippen molar-refractivity contribution in [1.29, 1.82) is 0 Å². The molecular formula is C22H18FN3O2. The Hall–Kier alpha value is -3.54. The number of hydrogen-bond acceptors (Lipinski definition) is 3. The minimum Gasteiger partial charge on any atom is -0.321 e. The van der Waals surface area contributed by atoms with E-state index in [1.165, 1.54) is 15.9 Å². The standard InChI is InChI=1S/C22H18FN3O2/c23-19-9-5-4-6-17(19)14-26-20(27)15-25(18-7-2-1-3-8-18)22(28)21(26)16-10-12-24-13-11-16/h1-13,21H,14-15H2. The molecule has 2 heterocycles. The molecule has 0 aliphatic carbocycles. The van der Waals surface area contributed by atoms with Crippen molar-refractivity contribution in [3.05, 3.63) is 96.1 Å². The average Bonchev–Trinajstić information content (AvgIpc) is 2.73. The van der Waals surface area contributed by atoms with Gasteiger partial charge in [-0.25, -0.2) is 4.39 Å². The molecule has 0 saturated carbocycles. The smallest absolute Gasteiger partial charge is 0.254 e. The molecule has 1 fully saturated rings. The van der Waals surface area contributed by atoms with E-state index in [4.69, 9.17) is 0 Å². The molecule has 6 heteroatoms. The lowest BCUT2D eigenvalue weighted by Gasteiger charge is -2.40. The highest BCUT2D eigenvalue weighted by atomic mass is 19.1. The van der Waals surface area contributed by atoms with Crippen LogP contribution in [-0.4, -0.2) is 28.2 Å². The number of carbonyl (C=O) groups excluding carboxylic acids is 2. The highest BCUT2D eigenvalue weighted by Crippen LogP contribution is 2.31. The van der Waals surface area contributed by atoms with Crippen LogP contribution in [-0.2, 0) is 16.1 Å². The van der Waals surface area contributed by atoms with Gasteiger partial charge in [0.2, 0.25) is 5.91 Å². The van der Waals surface area contributed by atoms with Gasteiger partial charge < -0.3 is 9.80 Å². The monoisotopic (exact) mass is 375 g/mol. The summed E-state index contributed by atoms with van der Waals surface area (Å²) in [7, 11) is 0. The summed E-state index contributed by atoms with van der Waals surface area (Å²) >= 11 is 0. The molecule has 140 valence electrons. The van der Waals surface area contributed by atoms with Crippen LogP contribution in [0.2, 0.25) is 0 Å². The molecule has 0 bridgehead atoms. The van der Waals surface area contributed by atoms with E-state index in [0.717, 1.165) is 0 Å². The minimum absolute atomic E-state index is 0.0207. The van der Waals surface area contributed by atoms with Gasteiger partial charge in [0, 0.05) is 30.2 Å². The van der Waals surface area contributed by atoms with E-state index >= 15 is 0 Å². The first-order valence-corrected chi connectivity index (χ1v) is 8.94. The van der Waals surface area contributed by atoms with E-state index in [2.05, 4.69) is 4.98 Å². The summed E-state index contributed by atoms with van der Waals surface area (Å²) in [4.78, 5) is 33.3. The summed E-state index contributed by atoms with van der Waals surface area (Å²) in [6.07, 6.45) is 3.16. The van der Waals surface area contributed by atoms with Crippen LogP contribution in [0.4, 0.5) is 10.1 Å². The van der Waals surface area contributed by atoms with E-state index in [9.17, 15) is 14.0 Å². The Morgan fingerprint density at radius 1 is 0.929 bits per heavy atom. The lowest BCUT2D eigenvalue weighted by molar-refractivity contribution is -0.144. The third-order valence-corrected chi connectivity index (χ3v) is 4.81. The van der Waals surface area contributed by atoms with Crippen molar-refractivity contribution in [2.24, 2.45) is 0 Å².